The summed E-state index contributed by atoms with van der Waals surface area (Å²) < 4.78 is 0. The van der Waals surface area contributed by atoms with E-state index in [9.17, 15) is 5.11 Å². The van der Waals surface area contributed by atoms with Gasteiger partial charge in [-0.1, -0.05) is 36.4 Å². The van der Waals surface area contributed by atoms with E-state index in [4.69, 9.17) is 0 Å². The third-order valence-corrected chi connectivity index (χ3v) is 1.77. The van der Waals surface area contributed by atoms with Crippen molar-refractivity contribution < 1.29 is 7.96 Å². The van der Waals surface area contributed by atoms with Crippen molar-refractivity contribution in [3.8, 4) is 5.75 Å². The van der Waals surface area contributed by atoms with Gasteiger partial charge in [0.05, 0.1) is 0 Å². The zero-order chi connectivity index (χ0) is 7.68. The van der Waals surface area contributed by atoms with Crippen LogP contribution < -0.4 is 0 Å². The van der Waals surface area contributed by atoms with Crippen molar-refractivity contribution >= 4 is 33.8 Å². The molecule has 0 radical (unpaired) electrons. The van der Waals surface area contributed by atoms with Crippen molar-refractivity contribution in [2.75, 3.05) is 0 Å². The summed E-state index contributed by atoms with van der Waals surface area (Å²) in [6, 6.07) is 13.3. The molecule has 2 aromatic rings. The first kappa shape index (κ1) is 9.35. The van der Waals surface area contributed by atoms with Crippen molar-refractivity contribution in [2.24, 2.45) is 0 Å². The van der Waals surface area contributed by atoms with Crippen LogP contribution in [0.3, 0.4) is 0 Å². The fourth-order valence-corrected chi connectivity index (χ4v) is 1.21. The van der Waals surface area contributed by atoms with Crippen LogP contribution in [0.5, 0.6) is 5.75 Å². The van der Waals surface area contributed by atoms with E-state index in [2.05, 4.69) is 0 Å². The second kappa shape index (κ2) is 3.78. The molecule has 0 unspecified atom stereocenters. The maximum atomic E-state index is 9.37. The Morgan fingerprint density at radius 2 is 1.58 bits per heavy atom. The molecule has 0 aliphatic carbocycles. The number of fused-ring (bicyclic) bond motifs is 1. The second-order valence-electron chi connectivity index (χ2n) is 2.50. The van der Waals surface area contributed by atoms with Gasteiger partial charge in [0, 0.05) is 5.39 Å². The molecule has 2 heteroatoms. The van der Waals surface area contributed by atoms with E-state index in [0.29, 0.717) is 5.75 Å². The number of hydrogen-bond acceptors (Lipinski definition) is 1. The summed E-state index contributed by atoms with van der Waals surface area (Å²) in [5.74, 6) is 0.350. The normalized spacial score (nSPS) is 9.33. The fraction of sp³-hybridized carbons (Fsp3) is 0. The standard InChI is InChI=1S/C10H8O.Mg.2H/c11-10-7-3-5-8-4-1-2-6-9(8)10;;;/h1-7,11H;;;/q;+2;2*-1. The predicted molar refractivity (Wildman–Crippen MR) is 53.6 cm³/mol. The van der Waals surface area contributed by atoms with E-state index in [1.807, 2.05) is 36.4 Å². The molecule has 0 aliphatic heterocycles. The molecule has 12 heavy (non-hydrogen) atoms. The van der Waals surface area contributed by atoms with Crippen molar-refractivity contribution in [3.05, 3.63) is 42.5 Å². The van der Waals surface area contributed by atoms with Crippen molar-refractivity contribution in [2.45, 2.75) is 0 Å². The number of benzene rings is 2. The van der Waals surface area contributed by atoms with Gasteiger partial charge >= 0.3 is 23.1 Å². The Kier molecular flexibility index (Phi) is 2.95. The van der Waals surface area contributed by atoms with Gasteiger partial charge < -0.3 is 7.96 Å². The van der Waals surface area contributed by atoms with Gasteiger partial charge in [0.1, 0.15) is 5.75 Å². The average Bonchev–Trinajstić information content (AvgIpc) is 2.06. The Bertz CT molecular complexity index is 387. The van der Waals surface area contributed by atoms with E-state index in [1.54, 1.807) is 6.07 Å². The maximum Gasteiger partial charge on any atom is 2.00 e. The van der Waals surface area contributed by atoms with E-state index < -0.39 is 0 Å². The van der Waals surface area contributed by atoms with Crippen LogP contribution in [0, 0.1) is 0 Å². The smallest absolute Gasteiger partial charge is 1.00 e. The van der Waals surface area contributed by atoms with Crippen LogP contribution in [0.25, 0.3) is 10.8 Å². The summed E-state index contributed by atoms with van der Waals surface area (Å²) in [4.78, 5) is 0. The molecule has 0 bridgehead atoms. The number of hydrogen-bond donors (Lipinski definition) is 1. The van der Waals surface area contributed by atoms with Crippen LogP contribution in [0.1, 0.15) is 2.85 Å². The van der Waals surface area contributed by atoms with E-state index in [-0.39, 0.29) is 25.9 Å². The molecular formula is C10H10MgO. The summed E-state index contributed by atoms with van der Waals surface area (Å²) in [5, 5.41) is 11.4. The Balaban J connectivity index is 0. The van der Waals surface area contributed by atoms with Crippen molar-refractivity contribution in [1.82, 2.24) is 0 Å². The van der Waals surface area contributed by atoms with Crippen LogP contribution in [0.15, 0.2) is 42.5 Å². The molecule has 2 rings (SSSR count). The number of aromatic hydroxyl groups is 1. The zero-order valence-corrected chi connectivity index (χ0v) is 8.11. The van der Waals surface area contributed by atoms with Crippen molar-refractivity contribution in [1.29, 1.82) is 0 Å². The Morgan fingerprint density at radius 1 is 0.917 bits per heavy atom. The third-order valence-electron chi connectivity index (χ3n) is 1.77. The molecule has 0 saturated heterocycles. The van der Waals surface area contributed by atoms with Crippen LogP contribution in [0.4, 0.5) is 0 Å². The first-order valence-corrected chi connectivity index (χ1v) is 3.54. The summed E-state index contributed by atoms with van der Waals surface area (Å²) in [6.45, 7) is 0. The first-order valence-electron chi connectivity index (χ1n) is 3.54. The molecular weight excluding hydrogens is 160 g/mol. The fourth-order valence-electron chi connectivity index (χ4n) is 1.21. The molecule has 1 nitrogen and oxygen atoms in total. The molecule has 1 N–H and O–H groups in total. The monoisotopic (exact) mass is 170 g/mol. The van der Waals surface area contributed by atoms with Gasteiger partial charge in [-0.15, -0.1) is 0 Å². The molecule has 2 aromatic carbocycles. The van der Waals surface area contributed by atoms with E-state index >= 15 is 0 Å². The van der Waals surface area contributed by atoms with E-state index in [0.717, 1.165) is 10.8 Å². The first-order chi connectivity index (χ1) is 5.38. The van der Waals surface area contributed by atoms with Gasteiger partial charge in [-0.2, -0.15) is 0 Å². The zero-order valence-electron chi connectivity index (χ0n) is 8.70. The van der Waals surface area contributed by atoms with Crippen LogP contribution >= 0.6 is 0 Å². The molecule has 0 amide bonds. The number of rotatable bonds is 0. The largest absolute Gasteiger partial charge is 2.00 e. The van der Waals surface area contributed by atoms with Crippen molar-refractivity contribution in [3.63, 3.8) is 0 Å². The molecule has 0 aliphatic rings. The SMILES string of the molecule is Oc1cccc2ccccc12.[H-].[H-].[Mg+2]. The summed E-state index contributed by atoms with van der Waals surface area (Å²) in [6.07, 6.45) is 0. The van der Waals surface area contributed by atoms with Gasteiger partial charge in [0.15, 0.2) is 0 Å². The maximum absolute atomic E-state index is 9.37. The molecule has 58 valence electrons. The average molecular weight is 170 g/mol. The number of phenolic OH excluding ortho intramolecular Hbond substituents is 1. The van der Waals surface area contributed by atoms with Crippen LogP contribution in [-0.4, -0.2) is 28.2 Å². The number of phenols is 1. The second-order valence-corrected chi connectivity index (χ2v) is 2.50. The van der Waals surface area contributed by atoms with Gasteiger partial charge in [-0.3, -0.25) is 0 Å². The quantitative estimate of drug-likeness (QED) is 0.602. The third kappa shape index (κ3) is 1.54. The van der Waals surface area contributed by atoms with Gasteiger partial charge in [-0.25, -0.2) is 0 Å². The topological polar surface area (TPSA) is 20.2 Å². The summed E-state index contributed by atoms with van der Waals surface area (Å²) in [7, 11) is 0. The molecule has 0 fully saturated rings. The van der Waals surface area contributed by atoms with Crippen LogP contribution in [-0.2, 0) is 0 Å². The Morgan fingerprint density at radius 3 is 2.33 bits per heavy atom. The minimum Gasteiger partial charge on any atom is -1.00 e. The minimum absolute atomic E-state index is 0. The van der Waals surface area contributed by atoms with E-state index in [1.165, 1.54) is 0 Å². The Hall–Kier alpha value is -0.734. The van der Waals surface area contributed by atoms with Crippen LogP contribution in [0.2, 0.25) is 0 Å². The van der Waals surface area contributed by atoms with Gasteiger partial charge in [0.25, 0.3) is 0 Å². The summed E-state index contributed by atoms with van der Waals surface area (Å²) >= 11 is 0. The predicted octanol–water partition coefficient (Wildman–Crippen LogP) is 2.39. The Labute approximate surface area is 90.1 Å². The van der Waals surface area contributed by atoms with Gasteiger partial charge in [0.2, 0.25) is 0 Å². The summed E-state index contributed by atoms with van der Waals surface area (Å²) in [5.41, 5.74) is 0. The molecule has 0 spiro atoms. The minimum atomic E-state index is 0. The molecule has 0 saturated carbocycles. The molecule has 0 atom stereocenters. The molecule has 0 aromatic heterocycles. The molecule has 0 heterocycles. The van der Waals surface area contributed by atoms with Gasteiger partial charge in [-0.05, 0) is 11.5 Å².